The average Bonchev–Trinajstić information content (AvgIpc) is 2.57. The van der Waals surface area contributed by atoms with E-state index >= 15 is 0 Å². The summed E-state index contributed by atoms with van der Waals surface area (Å²) < 4.78 is 0. The molecule has 0 radical (unpaired) electrons. The van der Waals surface area contributed by atoms with Crippen LogP contribution in [-0.2, 0) is 9.59 Å². The van der Waals surface area contributed by atoms with Crippen LogP contribution in [0.15, 0.2) is 35.9 Å². The fourth-order valence-electron chi connectivity index (χ4n) is 1.70. The van der Waals surface area contributed by atoms with Crippen LogP contribution >= 0.6 is 0 Å². The number of rotatable bonds is 2. The molecule has 16 heavy (non-hydrogen) atoms. The molecule has 82 valence electrons. The minimum absolute atomic E-state index is 0.0954. The lowest BCUT2D eigenvalue weighted by Crippen LogP contribution is -2.23. The van der Waals surface area contributed by atoms with Gasteiger partial charge >= 0.3 is 0 Å². The number of carbonyl (C=O) groups is 2. The second kappa shape index (κ2) is 3.77. The van der Waals surface area contributed by atoms with E-state index in [1.807, 2.05) is 0 Å². The molecule has 0 unspecified atom stereocenters. The fraction of sp³-hybridized carbons (Fsp3) is 0.182. The van der Waals surface area contributed by atoms with Crippen molar-refractivity contribution in [1.29, 1.82) is 0 Å². The molecule has 0 saturated heterocycles. The molecule has 1 amide bonds. The second-order valence-corrected chi connectivity index (χ2v) is 3.51. The Morgan fingerprint density at radius 3 is 2.88 bits per heavy atom. The predicted molar refractivity (Wildman–Crippen MR) is 55.5 cm³/mol. The molecule has 2 heterocycles. The number of carbonyl (C=O) groups excluding carboxylic acids is 2. The summed E-state index contributed by atoms with van der Waals surface area (Å²) in [6, 6.07) is 2.84. The van der Waals surface area contributed by atoms with E-state index in [2.05, 4.69) is 10.3 Å². The molecule has 1 aliphatic rings. The van der Waals surface area contributed by atoms with Gasteiger partial charge in [0.1, 0.15) is 0 Å². The van der Waals surface area contributed by atoms with Crippen LogP contribution < -0.4 is 5.32 Å². The molecule has 1 aromatic heterocycles. The van der Waals surface area contributed by atoms with E-state index in [1.54, 1.807) is 24.5 Å². The maximum atomic E-state index is 11.4. The first-order valence-electron chi connectivity index (χ1n) is 4.76. The minimum atomic E-state index is -0.626. The highest BCUT2D eigenvalue weighted by molar-refractivity contribution is 6.08. The van der Waals surface area contributed by atoms with Gasteiger partial charge in [-0.25, -0.2) is 0 Å². The maximum absolute atomic E-state index is 11.4. The highest BCUT2D eigenvalue weighted by Crippen LogP contribution is 2.28. The lowest BCUT2D eigenvalue weighted by molar-refractivity contribution is -0.119. The largest absolute Gasteiger partial charge is 0.503 e. The van der Waals surface area contributed by atoms with Crippen LogP contribution in [0, 0.1) is 0 Å². The summed E-state index contributed by atoms with van der Waals surface area (Å²) in [7, 11) is 0. The molecule has 0 bridgehead atoms. The number of aliphatic hydroxyl groups is 1. The lowest BCUT2D eigenvalue weighted by Gasteiger charge is -2.12. The number of nitrogens with zero attached hydrogens (tertiary/aromatic N) is 1. The third-order valence-corrected chi connectivity index (χ3v) is 2.43. The number of aromatic nitrogens is 1. The molecule has 1 aliphatic heterocycles. The van der Waals surface area contributed by atoms with Crippen LogP contribution in [0.1, 0.15) is 18.5 Å². The first kappa shape index (κ1) is 10.4. The van der Waals surface area contributed by atoms with Gasteiger partial charge in [0.15, 0.2) is 11.5 Å². The Balaban J connectivity index is 2.45. The Morgan fingerprint density at radius 1 is 1.56 bits per heavy atom. The van der Waals surface area contributed by atoms with Crippen molar-refractivity contribution in [3.63, 3.8) is 0 Å². The molecule has 0 aliphatic carbocycles. The average molecular weight is 218 g/mol. The van der Waals surface area contributed by atoms with Gasteiger partial charge < -0.3 is 10.4 Å². The summed E-state index contributed by atoms with van der Waals surface area (Å²) in [6.45, 7) is 1.31. The van der Waals surface area contributed by atoms with Crippen LogP contribution in [0.5, 0.6) is 0 Å². The number of nitrogens with one attached hydrogen (secondary N) is 1. The van der Waals surface area contributed by atoms with Crippen LogP contribution in [0.25, 0.3) is 0 Å². The number of Topliss-reactive ketones (excluding diaryl/α,β-unsaturated/α-hetero) is 1. The summed E-state index contributed by atoms with van der Waals surface area (Å²) in [4.78, 5) is 26.5. The van der Waals surface area contributed by atoms with Gasteiger partial charge in [-0.2, -0.15) is 0 Å². The molecule has 0 fully saturated rings. The first-order chi connectivity index (χ1) is 7.61. The van der Waals surface area contributed by atoms with E-state index < -0.39 is 17.7 Å². The van der Waals surface area contributed by atoms with Crippen LogP contribution in [-0.4, -0.2) is 21.8 Å². The number of aliphatic hydroxyl groups excluding tert-OH is 1. The Hall–Kier alpha value is -2.17. The van der Waals surface area contributed by atoms with E-state index in [0.29, 0.717) is 5.56 Å². The summed E-state index contributed by atoms with van der Waals surface area (Å²) >= 11 is 0. The Labute approximate surface area is 91.8 Å². The number of amides is 1. The van der Waals surface area contributed by atoms with E-state index in [9.17, 15) is 14.7 Å². The standard InChI is InChI=1S/C11H10N2O3/c1-6(14)8-9(13-11(16)10(8)15)7-3-2-4-12-5-7/h2-5,9,15H,1H3,(H,13,16)/t9-/m0/s1. The molecule has 0 aromatic carbocycles. The first-order valence-corrected chi connectivity index (χ1v) is 4.76. The smallest absolute Gasteiger partial charge is 0.287 e. The lowest BCUT2D eigenvalue weighted by atomic mass is 9.99. The van der Waals surface area contributed by atoms with E-state index in [0.717, 1.165) is 0 Å². The fourth-order valence-corrected chi connectivity index (χ4v) is 1.70. The zero-order valence-corrected chi connectivity index (χ0v) is 8.60. The molecule has 0 saturated carbocycles. The van der Waals surface area contributed by atoms with E-state index in [4.69, 9.17) is 0 Å². The molecular weight excluding hydrogens is 208 g/mol. The van der Waals surface area contributed by atoms with Crippen LogP contribution in [0.4, 0.5) is 0 Å². The predicted octanol–water partition coefficient (Wildman–Crippen LogP) is 0.654. The van der Waals surface area contributed by atoms with Crippen molar-refractivity contribution < 1.29 is 14.7 Å². The topological polar surface area (TPSA) is 79.3 Å². The van der Waals surface area contributed by atoms with Crippen molar-refractivity contribution in [2.24, 2.45) is 0 Å². The van der Waals surface area contributed by atoms with Gasteiger partial charge in [-0.05, 0) is 18.6 Å². The van der Waals surface area contributed by atoms with Crippen LogP contribution in [0.3, 0.4) is 0 Å². The highest BCUT2D eigenvalue weighted by atomic mass is 16.3. The molecule has 5 nitrogen and oxygen atoms in total. The van der Waals surface area contributed by atoms with E-state index in [1.165, 1.54) is 6.92 Å². The molecule has 1 aromatic rings. The Bertz CT molecular complexity index is 479. The van der Waals surface area contributed by atoms with Gasteiger partial charge in [-0.1, -0.05) is 6.07 Å². The summed E-state index contributed by atoms with van der Waals surface area (Å²) in [5.74, 6) is -1.45. The van der Waals surface area contributed by atoms with Gasteiger partial charge in [0, 0.05) is 12.4 Å². The molecule has 5 heteroatoms. The van der Waals surface area contributed by atoms with Gasteiger partial charge in [0.25, 0.3) is 5.91 Å². The molecule has 1 atom stereocenters. The third kappa shape index (κ3) is 1.56. The zero-order valence-electron chi connectivity index (χ0n) is 8.60. The SMILES string of the molecule is CC(=O)C1=C(O)C(=O)N[C@H]1c1cccnc1. The number of ketones is 1. The molecule has 0 spiro atoms. The van der Waals surface area contributed by atoms with Crippen LogP contribution in [0.2, 0.25) is 0 Å². The van der Waals surface area contributed by atoms with Crippen molar-refractivity contribution in [3.8, 4) is 0 Å². The third-order valence-electron chi connectivity index (χ3n) is 2.43. The van der Waals surface area contributed by atoms with E-state index in [-0.39, 0.29) is 11.4 Å². The minimum Gasteiger partial charge on any atom is -0.503 e. The molecule has 2 rings (SSSR count). The zero-order chi connectivity index (χ0) is 11.7. The maximum Gasteiger partial charge on any atom is 0.287 e. The Morgan fingerprint density at radius 2 is 2.31 bits per heavy atom. The monoisotopic (exact) mass is 218 g/mol. The van der Waals surface area contributed by atoms with Gasteiger partial charge in [0.05, 0.1) is 11.6 Å². The van der Waals surface area contributed by atoms with Gasteiger partial charge in [0.2, 0.25) is 0 Å². The summed E-state index contributed by atoms with van der Waals surface area (Å²) in [6.07, 6.45) is 3.14. The van der Waals surface area contributed by atoms with Crippen molar-refractivity contribution >= 4 is 11.7 Å². The quantitative estimate of drug-likeness (QED) is 0.764. The number of hydrogen-bond donors (Lipinski definition) is 2. The molecular formula is C11H10N2O3. The van der Waals surface area contributed by atoms with Crippen molar-refractivity contribution in [2.75, 3.05) is 0 Å². The Kier molecular flexibility index (Phi) is 2.44. The number of hydrogen-bond acceptors (Lipinski definition) is 4. The van der Waals surface area contributed by atoms with Crippen molar-refractivity contribution in [2.45, 2.75) is 13.0 Å². The summed E-state index contributed by atoms with van der Waals surface area (Å²) in [5, 5.41) is 12.0. The second-order valence-electron chi connectivity index (χ2n) is 3.51. The van der Waals surface area contributed by atoms with Gasteiger partial charge in [-0.15, -0.1) is 0 Å². The summed E-state index contributed by atoms with van der Waals surface area (Å²) in [5.41, 5.74) is 0.767. The van der Waals surface area contributed by atoms with Crippen molar-refractivity contribution in [1.82, 2.24) is 10.3 Å². The van der Waals surface area contributed by atoms with Gasteiger partial charge in [-0.3, -0.25) is 14.6 Å². The highest BCUT2D eigenvalue weighted by Gasteiger charge is 2.35. The normalized spacial score (nSPS) is 19.8. The van der Waals surface area contributed by atoms with Crippen molar-refractivity contribution in [3.05, 3.63) is 41.4 Å². The molecule has 2 N–H and O–H groups in total. The number of pyridine rings is 1.